The van der Waals surface area contributed by atoms with Crippen LogP contribution >= 0.6 is 0 Å². The molecular weight excluding hydrogens is 182 g/mol. The predicted molar refractivity (Wildman–Crippen MR) is 53.9 cm³/mol. The SMILES string of the molecule is COC(COCCO)[N+]1(C)CCCC1. The fourth-order valence-electron chi connectivity index (χ4n) is 2.10. The summed E-state index contributed by atoms with van der Waals surface area (Å²) in [4.78, 5) is 0. The highest BCUT2D eigenvalue weighted by molar-refractivity contribution is 4.55. The van der Waals surface area contributed by atoms with Gasteiger partial charge in [-0.3, -0.25) is 4.48 Å². The third kappa shape index (κ3) is 2.92. The van der Waals surface area contributed by atoms with E-state index in [1.54, 1.807) is 7.11 Å². The lowest BCUT2D eigenvalue weighted by atomic mass is 10.4. The first kappa shape index (κ1) is 11.9. The Morgan fingerprint density at radius 2 is 2.00 bits per heavy atom. The summed E-state index contributed by atoms with van der Waals surface area (Å²) in [6.07, 6.45) is 2.66. The molecule has 84 valence electrons. The lowest BCUT2D eigenvalue weighted by Crippen LogP contribution is -2.53. The average molecular weight is 204 g/mol. The van der Waals surface area contributed by atoms with Crippen LogP contribution in [0.2, 0.25) is 0 Å². The molecule has 4 nitrogen and oxygen atoms in total. The number of quaternary nitrogens is 1. The van der Waals surface area contributed by atoms with Gasteiger partial charge in [-0.25, -0.2) is 0 Å². The molecular formula is C10H22NO3+. The molecule has 0 aromatic heterocycles. The number of nitrogens with zero attached hydrogens (tertiary/aromatic N) is 1. The third-order valence-electron chi connectivity index (χ3n) is 3.05. The van der Waals surface area contributed by atoms with E-state index >= 15 is 0 Å². The Bertz CT molecular complexity index is 157. The van der Waals surface area contributed by atoms with E-state index in [0.29, 0.717) is 13.2 Å². The molecule has 0 saturated carbocycles. The third-order valence-corrected chi connectivity index (χ3v) is 3.05. The van der Waals surface area contributed by atoms with Crippen LogP contribution in [0.15, 0.2) is 0 Å². The summed E-state index contributed by atoms with van der Waals surface area (Å²) in [6.45, 7) is 3.40. The van der Waals surface area contributed by atoms with E-state index in [9.17, 15) is 0 Å². The Labute approximate surface area is 86.0 Å². The maximum Gasteiger partial charge on any atom is 0.216 e. The van der Waals surface area contributed by atoms with Crippen LogP contribution in [0.3, 0.4) is 0 Å². The molecule has 0 aliphatic carbocycles. The average Bonchev–Trinajstić information content (AvgIpc) is 2.61. The second kappa shape index (κ2) is 5.66. The van der Waals surface area contributed by atoms with Gasteiger partial charge in [-0.15, -0.1) is 0 Å². The number of likely N-dealkylation sites (N-methyl/N-ethyl adjacent to an activating group) is 1. The molecule has 0 amide bonds. The molecule has 14 heavy (non-hydrogen) atoms. The molecule has 1 N–H and O–H groups in total. The number of rotatable bonds is 6. The van der Waals surface area contributed by atoms with E-state index in [-0.39, 0.29) is 12.8 Å². The zero-order valence-corrected chi connectivity index (χ0v) is 9.24. The highest BCUT2D eigenvalue weighted by Gasteiger charge is 2.35. The zero-order chi connectivity index (χ0) is 10.4. The first-order chi connectivity index (χ1) is 6.73. The Balaban J connectivity index is 2.35. The summed E-state index contributed by atoms with van der Waals surface area (Å²) in [7, 11) is 3.94. The van der Waals surface area contributed by atoms with Crippen molar-refractivity contribution < 1.29 is 19.1 Å². The van der Waals surface area contributed by atoms with Crippen molar-refractivity contribution in [2.75, 3.05) is 47.1 Å². The van der Waals surface area contributed by atoms with Gasteiger partial charge in [-0.1, -0.05) is 0 Å². The molecule has 1 aliphatic heterocycles. The van der Waals surface area contributed by atoms with Crippen LogP contribution in [0.4, 0.5) is 0 Å². The van der Waals surface area contributed by atoms with Gasteiger partial charge in [0.15, 0.2) is 0 Å². The van der Waals surface area contributed by atoms with Crippen LogP contribution in [-0.4, -0.2) is 62.9 Å². The monoisotopic (exact) mass is 204 g/mol. The lowest BCUT2D eigenvalue weighted by molar-refractivity contribution is -0.944. The summed E-state index contributed by atoms with van der Waals surface area (Å²) in [5.41, 5.74) is 0. The molecule has 0 aromatic carbocycles. The van der Waals surface area contributed by atoms with Gasteiger partial charge in [0, 0.05) is 20.0 Å². The quantitative estimate of drug-likeness (QED) is 0.496. The van der Waals surface area contributed by atoms with Crippen molar-refractivity contribution in [3.63, 3.8) is 0 Å². The molecule has 1 rings (SSSR count). The maximum atomic E-state index is 8.61. The van der Waals surface area contributed by atoms with Crippen molar-refractivity contribution in [1.29, 1.82) is 0 Å². The van der Waals surface area contributed by atoms with Crippen LogP contribution in [0.25, 0.3) is 0 Å². The van der Waals surface area contributed by atoms with Crippen molar-refractivity contribution in [1.82, 2.24) is 0 Å². The van der Waals surface area contributed by atoms with Crippen LogP contribution in [-0.2, 0) is 9.47 Å². The number of hydrogen-bond acceptors (Lipinski definition) is 3. The number of likely N-dealkylation sites (tertiary alicyclic amines) is 1. The van der Waals surface area contributed by atoms with E-state index in [0.717, 1.165) is 4.48 Å². The molecule has 0 aromatic rings. The van der Waals surface area contributed by atoms with E-state index in [4.69, 9.17) is 14.6 Å². The van der Waals surface area contributed by atoms with Crippen LogP contribution in [0.1, 0.15) is 12.8 Å². The van der Waals surface area contributed by atoms with E-state index in [1.807, 2.05) is 0 Å². The first-order valence-corrected chi connectivity index (χ1v) is 5.28. The Hall–Kier alpha value is -0.160. The van der Waals surface area contributed by atoms with Gasteiger partial charge in [0.25, 0.3) is 0 Å². The van der Waals surface area contributed by atoms with Gasteiger partial charge in [0.2, 0.25) is 6.23 Å². The summed E-state index contributed by atoms with van der Waals surface area (Å²) in [5, 5.41) is 8.61. The standard InChI is InChI=1S/C10H22NO3/c1-11(5-3-4-6-11)10(13-2)9-14-8-7-12/h10,12H,3-9H2,1-2H3/q+1. The zero-order valence-electron chi connectivity index (χ0n) is 9.24. The molecule has 0 bridgehead atoms. The van der Waals surface area contributed by atoms with Crippen LogP contribution < -0.4 is 0 Å². The summed E-state index contributed by atoms with van der Waals surface area (Å²) >= 11 is 0. The number of ether oxygens (including phenoxy) is 2. The molecule has 4 heteroatoms. The first-order valence-electron chi connectivity index (χ1n) is 5.28. The highest BCUT2D eigenvalue weighted by Crippen LogP contribution is 2.21. The minimum absolute atomic E-state index is 0.0835. The van der Waals surface area contributed by atoms with Gasteiger partial charge in [-0.05, 0) is 0 Å². The topological polar surface area (TPSA) is 38.7 Å². The minimum atomic E-state index is 0.0835. The van der Waals surface area contributed by atoms with E-state index in [1.165, 1.54) is 25.9 Å². The van der Waals surface area contributed by atoms with E-state index < -0.39 is 0 Å². The number of methoxy groups -OCH3 is 1. The normalized spacial score (nSPS) is 22.5. The Morgan fingerprint density at radius 3 is 2.50 bits per heavy atom. The predicted octanol–water partition coefficient (Wildman–Crippen LogP) is 0.208. The van der Waals surface area contributed by atoms with Crippen molar-refractivity contribution in [3.8, 4) is 0 Å². The second-order valence-electron chi connectivity index (χ2n) is 4.12. The highest BCUT2D eigenvalue weighted by atomic mass is 16.5. The molecule has 1 heterocycles. The molecule has 1 aliphatic rings. The lowest BCUT2D eigenvalue weighted by Gasteiger charge is -2.36. The Kier molecular flexibility index (Phi) is 4.81. The van der Waals surface area contributed by atoms with Crippen LogP contribution in [0.5, 0.6) is 0 Å². The molecule has 0 radical (unpaired) electrons. The van der Waals surface area contributed by atoms with Crippen molar-refractivity contribution in [2.24, 2.45) is 0 Å². The van der Waals surface area contributed by atoms with Crippen molar-refractivity contribution >= 4 is 0 Å². The summed E-state index contributed by atoms with van der Waals surface area (Å²) < 4.78 is 11.7. The molecule has 1 saturated heterocycles. The van der Waals surface area contributed by atoms with E-state index in [2.05, 4.69) is 7.05 Å². The van der Waals surface area contributed by atoms with Crippen molar-refractivity contribution in [2.45, 2.75) is 19.1 Å². The summed E-state index contributed by atoms with van der Waals surface area (Å²) in [6, 6.07) is 0. The number of aliphatic hydroxyl groups excluding tert-OH is 1. The van der Waals surface area contributed by atoms with Gasteiger partial charge >= 0.3 is 0 Å². The maximum absolute atomic E-state index is 8.61. The summed E-state index contributed by atoms with van der Waals surface area (Å²) in [5.74, 6) is 0. The molecule has 1 fully saturated rings. The number of hydrogen-bond donors (Lipinski definition) is 1. The fourth-order valence-corrected chi connectivity index (χ4v) is 2.10. The van der Waals surface area contributed by atoms with Crippen LogP contribution in [0, 0.1) is 0 Å². The van der Waals surface area contributed by atoms with Crippen molar-refractivity contribution in [3.05, 3.63) is 0 Å². The smallest absolute Gasteiger partial charge is 0.216 e. The second-order valence-corrected chi connectivity index (χ2v) is 4.12. The van der Waals surface area contributed by atoms with Gasteiger partial charge in [0.1, 0.15) is 6.61 Å². The number of aliphatic hydroxyl groups is 1. The van der Waals surface area contributed by atoms with Gasteiger partial charge in [0.05, 0.1) is 33.4 Å². The minimum Gasteiger partial charge on any atom is -0.394 e. The molecule has 0 spiro atoms. The molecule has 1 atom stereocenters. The largest absolute Gasteiger partial charge is 0.394 e. The van der Waals surface area contributed by atoms with Gasteiger partial charge < -0.3 is 14.6 Å². The Morgan fingerprint density at radius 1 is 1.36 bits per heavy atom. The van der Waals surface area contributed by atoms with Gasteiger partial charge in [-0.2, -0.15) is 0 Å². The fraction of sp³-hybridized carbons (Fsp3) is 1.00. The molecule has 1 unspecified atom stereocenters.